The van der Waals surface area contributed by atoms with E-state index in [2.05, 4.69) is 10.2 Å². The Hall–Kier alpha value is -3.67. The van der Waals surface area contributed by atoms with Crippen LogP contribution in [-0.4, -0.2) is 27.8 Å². The van der Waals surface area contributed by atoms with Crippen LogP contribution in [0.2, 0.25) is 0 Å². The van der Waals surface area contributed by atoms with Gasteiger partial charge < -0.3 is 9.30 Å². The summed E-state index contributed by atoms with van der Waals surface area (Å²) in [5.74, 6) is -0.397. The summed E-state index contributed by atoms with van der Waals surface area (Å²) < 4.78 is 6.38. The first kappa shape index (κ1) is 16.8. The van der Waals surface area contributed by atoms with E-state index in [-0.39, 0.29) is 5.56 Å². The van der Waals surface area contributed by atoms with Gasteiger partial charge in [0.05, 0.1) is 30.9 Å². The highest BCUT2D eigenvalue weighted by atomic mass is 16.5. The van der Waals surface area contributed by atoms with Crippen LogP contribution in [0.15, 0.2) is 71.8 Å². The Bertz CT molecular complexity index is 1190. The molecule has 4 rings (SSSR count). The highest BCUT2D eigenvalue weighted by Crippen LogP contribution is 2.22. The lowest BCUT2D eigenvalue weighted by Gasteiger charge is -2.10. The van der Waals surface area contributed by atoms with Gasteiger partial charge in [0.15, 0.2) is 0 Å². The van der Waals surface area contributed by atoms with E-state index in [4.69, 9.17) is 4.74 Å². The molecule has 2 aromatic carbocycles. The number of carbonyl (C=O) groups is 1. The zero-order valence-corrected chi connectivity index (χ0v) is 14.7. The second-order valence-corrected chi connectivity index (χ2v) is 6.25. The van der Waals surface area contributed by atoms with Crippen LogP contribution < -0.4 is 5.56 Å². The second kappa shape index (κ2) is 6.92. The number of nitrogens with one attached hydrogen (secondary N) is 1. The van der Waals surface area contributed by atoms with E-state index in [9.17, 15) is 9.59 Å². The van der Waals surface area contributed by atoms with Crippen LogP contribution in [0.5, 0.6) is 0 Å². The fourth-order valence-electron chi connectivity index (χ4n) is 3.05. The molecular weight excluding hydrogens is 342 g/mol. The van der Waals surface area contributed by atoms with Crippen molar-refractivity contribution in [2.75, 3.05) is 7.11 Å². The fourth-order valence-corrected chi connectivity index (χ4v) is 3.05. The standard InChI is InChI=1S/C21H17N3O3/c1-27-21(26)16-4-2-3-14(9-16)12-24-13-18(7-8-20(24)25)15-5-6-17-11-22-23-19(17)10-15/h2-11,13H,12H2,1H3,(H,22,23). The molecule has 0 bridgehead atoms. The van der Waals surface area contributed by atoms with E-state index >= 15 is 0 Å². The lowest BCUT2D eigenvalue weighted by molar-refractivity contribution is 0.0600. The number of ether oxygens (including phenoxy) is 1. The summed E-state index contributed by atoms with van der Waals surface area (Å²) in [6.07, 6.45) is 3.60. The minimum Gasteiger partial charge on any atom is -0.465 e. The first-order chi connectivity index (χ1) is 13.1. The average molecular weight is 359 g/mol. The highest BCUT2D eigenvalue weighted by molar-refractivity contribution is 5.89. The van der Waals surface area contributed by atoms with Gasteiger partial charge in [0.25, 0.3) is 5.56 Å². The Morgan fingerprint density at radius 3 is 2.81 bits per heavy atom. The molecule has 0 saturated carbocycles. The maximum absolute atomic E-state index is 12.3. The number of rotatable bonds is 4. The Kier molecular flexibility index (Phi) is 4.30. The number of methoxy groups -OCH3 is 1. The molecule has 0 amide bonds. The van der Waals surface area contributed by atoms with Crippen LogP contribution in [0.3, 0.4) is 0 Å². The molecule has 0 atom stereocenters. The largest absolute Gasteiger partial charge is 0.465 e. The summed E-state index contributed by atoms with van der Waals surface area (Å²) in [5.41, 5.74) is 4.06. The number of hydrogen-bond donors (Lipinski definition) is 1. The molecule has 2 heterocycles. The van der Waals surface area contributed by atoms with Gasteiger partial charge in [0, 0.05) is 17.6 Å². The Morgan fingerprint density at radius 2 is 1.96 bits per heavy atom. The smallest absolute Gasteiger partial charge is 0.337 e. The molecule has 6 heteroatoms. The van der Waals surface area contributed by atoms with Gasteiger partial charge in [0.1, 0.15) is 0 Å². The molecule has 1 N–H and O–H groups in total. The van der Waals surface area contributed by atoms with Crippen LogP contribution >= 0.6 is 0 Å². The van der Waals surface area contributed by atoms with Gasteiger partial charge in [-0.15, -0.1) is 0 Å². The van der Waals surface area contributed by atoms with Gasteiger partial charge in [-0.1, -0.05) is 24.3 Å². The zero-order valence-electron chi connectivity index (χ0n) is 14.7. The van der Waals surface area contributed by atoms with Crippen LogP contribution in [0, 0.1) is 0 Å². The van der Waals surface area contributed by atoms with Crippen molar-refractivity contribution < 1.29 is 9.53 Å². The number of hydrogen-bond acceptors (Lipinski definition) is 4. The van der Waals surface area contributed by atoms with Gasteiger partial charge in [-0.05, 0) is 41.0 Å². The first-order valence-corrected chi connectivity index (χ1v) is 8.45. The van der Waals surface area contributed by atoms with E-state index in [1.807, 2.05) is 30.5 Å². The Morgan fingerprint density at radius 1 is 1.11 bits per heavy atom. The van der Waals surface area contributed by atoms with Crippen LogP contribution in [0.25, 0.3) is 22.0 Å². The molecule has 0 fully saturated rings. The number of aromatic nitrogens is 3. The molecule has 0 unspecified atom stereocenters. The molecule has 6 nitrogen and oxygen atoms in total. The number of nitrogens with zero attached hydrogens (tertiary/aromatic N) is 2. The van der Waals surface area contributed by atoms with E-state index in [0.29, 0.717) is 12.1 Å². The summed E-state index contributed by atoms with van der Waals surface area (Å²) in [7, 11) is 1.35. The number of carbonyl (C=O) groups excluding carboxylic acids is 1. The molecular formula is C21H17N3O3. The molecule has 4 aromatic rings. The normalized spacial score (nSPS) is 10.9. The second-order valence-electron chi connectivity index (χ2n) is 6.25. The van der Waals surface area contributed by atoms with E-state index in [0.717, 1.165) is 27.6 Å². The van der Waals surface area contributed by atoms with Crippen LogP contribution in [0.1, 0.15) is 15.9 Å². The average Bonchev–Trinajstić information content (AvgIpc) is 3.17. The molecule has 0 radical (unpaired) electrons. The summed E-state index contributed by atoms with van der Waals surface area (Å²) >= 11 is 0. The SMILES string of the molecule is COC(=O)c1cccc(Cn2cc(-c3ccc4cn[nH]c4c3)ccc2=O)c1. The van der Waals surface area contributed by atoms with E-state index < -0.39 is 5.97 Å². The van der Waals surface area contributed by atoms with Crippen molar-refractivity contribution in [2.24, 2.45) is 0 Å². The third kappa shape index (κ3) is 3.37. The highest BCUT2D eigenvalue weighted by Gasteiger charge is 2.08. The zero-order chi connectivity index (χ0) is 18.8. The number of benzene rings is 2. The number of pyridine rings is 1. The number of esters is 1. The molecule has 0 saturated heterocycles. The molecule has 0 aliphatic rings. The van der Waals surface area contributed by atoms with Gasteiger partial charge in [-0.3, -0.25) is 9.89 Å². The topological polar surface area (TPSA) is 77.0 Å². The maximum Gasteiger partial charge on any atom is 0.337 e. The summed E-state index contributed by atoms with van der Waals surface area (Å²) in [6.45, 7) is 0.365. The lowest BCUT2D eigenvalue weighted by atomic mass is 10.1. The van der Waals surface area contributed by atoms with Crippen molar-refractivity contribution in [1.29, 1.82) is 0 Å². The molecule has 0 aliphatic carbocycles. The van der Waals surface area contributed by atoms with Gasteiger partial charge in [0.2, 0.25) is 0 Å². The minimum atomic E-state index is -0.397. The number of H-pyrrole nitrogens is 1. The maximum atomic E-state index is 12.3. The first-order valence-electron chi connectivity index (χ1n) is 8.45. The summed E-state index contributed by atoms with van der Waals surface area (Å²) in [5, 5.41) is 8.02. The lowest BCUT2D eigenvalue weighted by Crippen LogP contribution is -2.19. The van der Waals surface area contributed by atoms with Crippen molar-refractivity contribution in [3.63, 3.8) is 0 Å². The number of aromatic amines is 1. The minimum absolute atomic E-state index is 0.107. The van der Waals surface area contributed by atoms with Crippen LogP contribution in [-0.2, 0) is 11.3 Å². The summed E-state index contributed by atoms with van der Waals surface area (Å²) in [6, 6.07) is 16.4. The third-order valence-corrected chi connectivity index (χ3v) is 4.46. The number of fused-ring (bicyclic) bond motifs is 1. The predicted octanol–water partition coefficient (Wildman–Crippen LogP) is 3.23. The Labute approximate surface area is 155 Å². The predicted molar refractivity (Wildman–Crippen MR) is 103 cm³/mol. The van der Waals surface area contributed by atoms with Crippen molar-refractivity contribution >= 4 is 16.9 Å². The van der Waals surface area contributed by atoms with E-state index in [1.165, 1.54) is 7.11 Å². The van der Waals surface area contributed by atoms with Crippen molar-refractivity contribution in [3.8, 4) is 11.1 Å². The monoisotopic (exact) mass is 359 g/mol. The van der Waals surface area contributed by atoms with Crippen LogP contribution in [0.4, 0.5) is 0 Å². The molecule has 27 heavy (non-hydrogen) atoms. The molecule has 134 valence electrons. The van der Waals surface area contributed by atoms with Crippen molar-refractivity contribution in [3.05, 3.63) is 88.5 Å². The van der Waals surface area contributed by atoms with Gasteiger partial charge in [-0.2, -0.15) is 5.10 Å². The third-order valence-electron chi connectivity index (χ3n) is 4.46. The molecule has 0 aliphatic heterocycles. The van der Waals surface area contributed by atoms with E-state index in [1.54, 1.807) is 41.1 Å². The Balaban J connectivity index is 1.68. The van der Waals surface area contributed by atoms with Gasteiger partial charge >= 0.3 is 5.97 Å². The molecule has 0 spiro atoms. The van der Waals surface area contributed by atoms with Gasteiger partial charge in [-0.25, -0.2) is 4.79 Å². The molecule has 2 aromatic heterocycles. The van der Waals surface area contributed by atoms with Crippen molar-refractivity contribution in [1.82, 2.24) is 14.8 Å². The summed E-state index contributed by atoms with van der Waals surface area (Å²) in [4.78, 5) is 24.0. The fraction of sp³-hybridized carbons (Fsp3) is 0.0952. The van der Waals surface area contributed by atoms with Crippen molar-refractivity contribution in [2.45, 2.75) is 6.54 Å². The quantitative estimate of drug-likeness (QED) is 0.568.